The van der Waals surface area contributed by atoms with E-state index >= 15 is 0 Å². The van der Waals surface area contributed by atoms with Gasteiger partial charge in [-0.1, -0.05) is 72.8 Å². The highest BCUT2D eigenvalue weighted by molar-refractivity contribution is 5.80. The van der Waals surface area contributed by atoms with Crippen molar-refractivity contribution in [3.8, 4) is 11.8 Å². The molecule has 0 saturated carbocycles. The van der Waals surface area contributed by atoms with Gasteiger partial charge in [0.1, 0.15) is 12.4 Å². The summed E-state index contributed by atoms with van der Waals surface area (Å²) in [6, 6.07) is 26.4. The van der Waals surface area contributed by atoms with E-state index in [2.05, 4.69) is 14.8 Å². The predicted molar refractivity (Wildman–Crippen MR) is 140 cm³/mol. The average Bonchev–Trinajstić information content (AvgIpc) is 2.93. The molecule has 0 saturated heterocycles. The SMILES string of the molecule is COC(c1ccccc1)(c1ccccc1)[C@H](Oc1nc(C)cc(C)n1)C(=O)Oc1ccc(CO[N+](=O)[O-])cc1. The lowest BCUT2D eigenvalue weighted by molar-refractivity contribution is -0.763. The van der Waals surface area contributed by atoms with Gasteiger partial charge in [0.05, 0.1) is 0 Å². The van der Waals surface area contributed by atoms with Gasteiger partial charge in [-0.3, -0.25) is 0 Å². The van der Waals surface area contributed by atoms with E-state index in [1.807, 2.05) is 60.7 Å². The molecular formula is C29H27N3O7. The Morgan fingerprint density at radius 3 is 1.92 bits per heavy atom. The van der Waals surface area contributed by atoms with Gasteiger partial charge >= 0.3 is 12.0 Å². The maximum Gasteiger partial charge on any atom is 0.356 e. The molecule has 39 heavy (non-hydrogen) atoms. The lowest BCUT2D eigenvalue weighted by atomic mass is 9.81. The minimum absolute atomic E-state index is 0.00462. The zero-order valence-electron chi connectivity index (χ0n) is 21.6. The van der Waals surface area contributed by atoms with Crippen molar-refractivity contribution in [2.24, 2.45) is 0 Å². The van der Waals surface area contributed by atoms with Gasteiger partial charge in [0.25, 0.3) is 5.09 Å². The van der Waals surface area contributed by atoms with Crippen molar-refractivity contribution >= 4 is 5.97 Å². The van der Waals surface area contributed by atoms with Crippen LogP contribution >= 0.6 is 0 Å². The normalized spacial score (nSPS) is 11.9. The van der Waals surface area contributed by atoms with E-state index in [1.54, 1.807) is 32.0 Å². The quantitative estimate of drug-likeness (QED) is 0.117. The molecule has 0 spiro atoms. The first-order chi connectivity index (χ1) is 18.8. The number of hydrogen-bond donors (Lipinski definition) is 0. The van der Waals surface area contributed by atoms with Crippen LogP contribution in [-0.2, 0) is 26.6 Å². The van der Waals surface area contributed by atoms with Crippen LogP contribution in [0.3, 0.4) is 0 Å². The second-order valence-electron chi connectivity index (χ2n) is 8.67. The minimum Gasteiger partial charge on any atom is -0.444 e. The van der Waals surface area contributed by atoms with Gasteiger partial charge in [-0.15, -0.1) is 10.1 Å². The van der Waals surface area contributed by atoms with E-state index in [4.69, 9.17) is 14.2 Å². The summed E-state index contributed by atoms with van der Waals surface area (Å²) in [6.07, 6.45) is -1.38. The van der Waals surface area contributed by atoms with Crippen molar-refractivity contribution in [3.63, 3.8) is 0 Å². The van der Waals surface area contributed by atoms with Crippen LogP contribution in [0.2, 0.25) is 0 Å². The van der Waals surface area contributed by atoms with Crippen molar-refractivity contribution in [2.75, 3.05) is 7.11 Å². The zero-order chi connectivity index (χ0) is 27.8. The molecule has 0 unspecified atom stereocenters. The molecule has 3 aromatic carbocycles. The highest BCUT2D eigenvalue weighted by atomic mass is 16.9. The first kappa shape index (κ1) is 27.2. The third-order valence-electron chi connectivity index (χ3n) is 5.97. The molecule has 10 heteroatoms. The molecule has 0 radical (unpaired) electrons. The van der Waals surface area contributed by atoms with Gasteiger partial charge in [0.2, 0.25) is 6.10 Å². The molecule has 0 bridgehead atoms. The largest absolute Gasteiger partial charge is 0.444 e. The van der Waals surface area contributed by atoms with Crippen LogP contribution in [0.15, 0.2) is 91.0 Å². The number of esters is 1. The predicted octanol–water partition coefficient (Wildman–Crippen LogP) is 4.74. The summed E-state index contributed by atoms with van der Waals surface area (Å²) < 4.78 is 18.2. The molecular weight excluding hydrogens is 502 g/mol. The van der Waals surface area contributed by atoms with Crippen molar-refractivity contribution < 1.29 is 28.9 Å². The van der Waals surface area contributed by atoms with Crippen LogP contribution in [0.25, 0.3) is 0 Å². The number of carbonyl (C=O) groups is 1. The molecule has 1 atom stereocenters. The van der Waals surface area contributed by atoms with Crippen LogP contribution in [-0.4, -0.2) is 34.2 Å². The number of nitrogens with zero attached hydrogens (tertiary/aromatic N) is 3. The lowest BCUT2D eigenvalue weighted by Crippen LogP contribution is -2.52. The molecule has 0 N–H and O–H groups in total. The molecule has 0 aliphatic heterocycles. The van der Waals surface area contributed by atoms with Crippen LogP contribution in [0.5, 0.6) is 11.8 Å². The first-order valence-electron chi connectivity index (χ1n) is 12.0. The molecule has 0 aliphatic carbocycles. The second-order valence-corrected chi connectivity index (χ2v) is 8.67. The molecule has 1 heterocycles. The fourth-order valence-corrected chi connectivity index (χ4v) is 4.28. The Kier molecular flexibility index (Phi) is 8.47. The molecule has 200 valence electrons. The zero-order valence-corrected chi connectivity index (χ0v) is 21.6. The van der Waals surface area contributed by atoms with Gasteiger partial charge < -0.3 is 19.0 Å². The smallest absolute Gasteiger partial charge is 0.356 e. The van der Waals surface area contributed by atoms with Gasteiger partial charge in [0, 0.05) is 18.5 Å². The average molecular weight is 530 g/mol. The van der Waals surface area contributed by atoms with Gasteiger partial charge in [0.15, 0.2) is 5.60 Å². The number of benzene rings is 3. The van der Waals surface area contributed by atoms with E-state index in [0.29, 0.717) is 28.1 Å². The highest BCUT2D eigenvalue weighted by Crippen LogP contribution is 2.39. The molecule has 10 nitrogen and oxygen atoms in total. The lowest BCUT2D eigenvalue weighted by Gasteiger charge is -2.38. The third kappa shape index (κ3) is 6.36. The monoisotopic (exact) mass is 529 g/mol. The molecule has 4 rings (SSSR count). The van der Waals surface area contributed by atoms with E-state index < -0.39 is 22.8 Å². The topological polar surface area (TPSA) is 123 Å². The summed E-state index contributed by atoms with van der Waals surface area (Å²) in [7, 11) is 1.50. The summed E-state index contributed by atoms with van der Waals surface area (Å²) >= 11 is 0. The van der Waals surface area contributed by atoms with Crippen LogP contribution in [0, 0.1) is 24.0 Å². The van der Waals surface area contributed by atoms with E-state index in [9.17, 15) is 14.9 Å². The Bertz CT molecular complexity index is 1350. The summed E-state index contributed by atoms with van der Waals surface area (Å²) in [4.78, 5) is 37.6. The minimum atomic E-state index is -1.44. The Labute approximate surface area is 225 Å². The summed E-state index contributed by atoms with van der Waals surface area (Å²) in [6.45, 7) is 3.37. The van der Waals surface area contributed by atoms with E-state index in [-0.39, 0.29) is 18.4 Å². The Balaban J connectivity index is 1.78. The van der Waals surface area contributed by atoms with Crippen LogP contribution < -0.4 is 9.47 Å². The first-order valence-corrected chi connectivity index (χ1v) is 12.0. The van der Waals surface area contributed by atoms with Crippen molar-refractivity contribution in [1.29, 1.82) is 0 Å². The van der Waals surface area contributed by atoms with Gasteiger partial charge in [-0.05, 0) is 48.7 Å². The number of methoxy groups -OCH3 is 1. The maximum absolute atomic E-state index is 13.9. The number of rotatable bonds is 11. The number of aryl methyl sites for hydroxylation is 2. The highest BCUT2D eigenvalue weighted by Gasteiger charge is 2.50. The van der Waals surface area contributed by atoms with Crippen LogP contribution in [0.1, 0.15) is 28.1 Å². The summed E-state index contributed by atoms with van der Waals surface area (Å²) in [5.41, 5.74) is 1.72. The molecule has 1 aromatic heterocycles. The van der Waals surface area contributed by atoms with Gasteiger partial charge in [-0.25, -0.2) is 14.8 Å². The maximum atomic E-state index is 13.9. The van der Waals surface area contributed by atoms with Gasteiger partial charge in [-0.2, -0.15) is 0 Å². The Hall–Kier alpha value is -4.83. The van der Waals surface area contributed by atoms with Crippen molar-refractivity contribution in [3.05, 3.63) is 129 Å². The Morgan fingerprint density at radius 2 is 1.44 bits per heavy atom. The number of carbonyl (C=O) groups excluding carboxylic acids is 1. The van der Waals surface area contributed by atoms with Crippen molar-refractivity contribution in [1.82, 2.24) is 9.97 Å². The fourth-order valence-electron chi connectivity index (χ4n) is 4.28. The van der Waals surface area contributed by atoms with E-state index in [1.165, 1.54) is 19.2 Å². The molecule has 0 aliphatic rings. The van der Waals surface area contributed by atoms with E-state index in [0.717, 1.165) is 0 Å². The molecule has 0 fully saturated rings. The standard InChI is InChI=1S/C29H27N3O7/c1-20-18-21(2)31-28(30-20)39-26(27(33)38-25-16-14-22(15-17-25)19-37-32(34)35)29(36-3,23-10-6-4-7-11-23)24-12-8-5-9-13-24/h4-18,26H,19H2,1-3H3/t26-/m1/s1. The molecule has 0 amide bonds. The number of hydrogen-bond acceptors (Lipinski definition) is 9. The van der Waals surface area contributed by atoms with Crippen LogP contribution in [0.4, 0.5) is 0 Å². The summed E-state index contributed by atoms with van der Waals surface area (Å²) in [5, 5.41) is 9.61. The number of aromatic nitrogens is 2. The Morgan fingerprint density at radius 1 is 0.897 bits per heavy atom. The molecule has 4 aromatic rings. The second kappa shape index (κ2) is 12.1. The fraction of sp³-hybridized carbons (Fsp3) is 0.207. The number of ether oxygens (including phenoxy) is 3. The third-order valence-corrected chi connectivity index (χ3v) is 5.97. The van der Waals surface area contributed by atoms with Crippen molar-refractivity contribution in [2.45, 2.75) is 32.2 Å². The summed E-state index contributed by atoms with van der Waals surface area (Å²) in [5.74, 6) is -0.562.